The fourth-order valence-corrected chi connectivity index (χ4v) is 2.58. The molecule has 21 heavy (non-hydrogen) atoms. The summed E-state index contributed by atoms with van der Waals surface area (Å²) in [7, 11) is 0. The second-order valence-corrected chi connectivity index (χ2v) is 6.02. The topological polar surface area (TPSA) is 0 Å². The van der Waals surface area contributed by atoms with E-state index in [2.05, 4.69) is 30.6 Å². The lowest BCUT2D eigenvalue weighted by molar-refractivity contribution is 0.536. The van der Waals surface area contributed by atoms with E-state index >= 15 is 0 Å². The first-order chi connectivity index (χ1) is 10.4. The third-order valence-corrected chi connectivity index (χ3v) is 3.93. The molecule has 0 fully saturated rings. The minimum absolute atomic E-state index is 1.02. The third-order valence-electron chi connectivity index (χ3n) is 3.93. The molecular formula is C21H36. The molecule has 0 aromatic rings. The Hall–Kier alpha value is -0.880. The molecule has 0 bridgehead atoms. The lowest BCUT2D eigenvalue weighted by atomic mass is 10.0. The Kier molecular flexibility index (Phi) is 18.3. The number of hydrogen-bond donors (Lipinski definition) is 0. The molecule has 0 nitrogen and oxygen atoms in total. The van der Waals surface area contributed by atoms with Gasteiger partial charge in [-0.2, -0.15) is 0 Å². The molecule has 120 valence electrons. The summed E-state index contributed by atoms with van der Waals surface area (Å²) in [6, 6.07) is 0. The van der Waals surface area contributed by atoms with Crippen molar-refractivity contribution in [2.45, 2.75) is 110 Å². The van der Waals surface area contributed by atoms with E-state index in [9.17, 15) is 0 Å². The lowest BCUT2D eigenvalue weighted by Crippen LogP contribution is -1.83. The van der Waals surface area contributed by atoms with Crippen LogP contribution in [0, 0.1) is 23.7 Å². The predicted molar refractivity (Wildman–Crippen MR) is 96.2 cm³/mol. The van der Waals surface area contributed by atoms with Gasteiger partial charge >= 0.3 is 0 Å². The molecule has 0 radical (unpaired) electrons. The molecule has 0 heterocycles. The second-order valence-electron chi connectivity index (χ2n) is 6.02. The van der Waals surface area contributed by atoms with E-state index in [1.807, 2.05) is 6.92 Å². The summed E-state index contributed by atoms with van der Waals surface area (Å²) in [5.41, 5.74) is 0. The highest BCUT2D eigenvalue weighted by Gasteiger charge is 1.93. The molecule has 0 unspecified atom stereocenters. The minimum Gasteiger partial charge on any atom is -0.0925 e. The van der Waals surface area contributed by atoms with Crippen molar-refractivity contribution in [3.05, 3.63) is 0 Å². The molecule has 0 heteroatoms. The Morgan fingerprint density at radius 2 is 0.952 bits per heavy atom. The number of rotatable bonds is 14. The summed E-state index contributed by atoms with van der Waals surface area (Å²) in [4.78, 5) is 0. The maximum Gasteiger partial charge on any atom is 0.00989 e. The fourth-order valence-electron chi connectivity index (χ4n) is 2.58. The Morgan fingerprint density at radius 1 is 0.524 bits per heavy atom. The van der Waals surface area contributed by atoms with E-state index in [0.717, 1.165) is 6.42 Å². The monoisotopic (exact) mass is 288 g/mol. The van der Waals surface area contributed by atoms with Gasteiger partial charge in [-0.25, -0.2) is 0 Å². The molecule has 0 saturated heterocycles. The van der Waals surface area contributed by atoms with Crippen LogP contribution in [0.4, 0.5) is 0 Å². The van der Waals surface area contributed by atoms with Crippen molar-refractivity contribution in [1.82, 2.24) is 0 Å². The molecule has 0 aliphatic heterocycles. The van der Waals surface area contributed by atoms with E-state index in [-0.39, 0.29) is 0 Å². The van der Waals surface area contributed by atoms with Crippen molar-refractivity contribution in [3.63, 3.8) is 0 Å². The summed E-state index contributed by atoms with van der Waals surface area (Å²) >= 11 is 0. The summed E-state index contributed by atoms with van der Waals surface area (Å²) in [5, 5.41) is 0. The van der Waals surface area contributed by atoms with Gasteiger partial charge in [0.2, 0.25) is 0 Å². The van der Waals surface area contributed by atoms with Gasteiger partial charge in [-0.15, -0.1) is 0 Å². The van der Waals surface area contributed by atoms with Crippen LogP contribution in [0.3, 0.4) is 0 Å². The number of unbranched alkanes of at least 4 members (excludes halogenated alkanes) is 14. The first kappa shape index (κ1) is 20.1. The third kappa shape index (κ3) is 19.1. The standard InChI is InChI=1S/C21H36/c1-3-5-7-9-11-13-15-17-19-21-20-18-16-14-12-10-8-6-4-2/h3,5,7,9,11-21H2,1-2H3. The van der Waals surface area contributed by atoms with Crippen LogP contribution in [-0.2, 0) is 0 Å². The van der Waals surface area contributed by atoms with Gasteiger partial charge in [-0.05, 0) is 25.2 Å². The van der Waals surface area contributed by atoms with E-state index in [4.69, 9.17) is 0 Å². The average Bonchev–Trinajstić information content (AvgIpc) is 2.50. The van der Waals surface area contributed by atoms with E-state index in [1.54, 1.807) is 0 Å². The summed E-state index contributed by atoms with van der Waals surface area (Å²) in [6.07, 6.45) is 20.8. The molecule has 0 aliphatic rings. The van der Waals surface area contributed by atoms with Crippen molar-refractivity contribution in [1.29, 1.82) is 0 Å². The maximum absolute atomic E-state index is 3.11. The molecule has 0 rings (SSSR count). The summed E-state index contributed by atoms with van der Waals surface area (Å²) < 4.78 is 0. The highest BCUT2D eigenvalue weighted by atomic mass is 14.0. The highest BCUT2D eigenvalue weighted by Crippen LogP contribution is 2.13. The molecule has 0 atom stereocenters. The van der Waals surface area contributed by atoms with Gasteiger partial charge in [-0.3, -0.25) is 0 Å². The fraction of sp³-hybridized carbons (Fsp3) is 0.810. The molecule has 0 aromatic heterocycles. The Bertz CT molecular complexity index is 304. The normalized spacial score (nSPS) is 9.62. The Labute approximate surface area is 134 Å². The van der Waals surface area contributed by atoms with Crippen molar-refractivity contribution >= 4 is 0 Å². The van der Waals surface area contributed by atoms with E-state index < -0.39 is 0 Å². The molecular weight excluding hydrogens is 252 g/mol. The zero-order chi connectivity index (χ0) is 15.4. The lowest BCUT2D eigenvalue weighted by Gasteiger charge is -2.02. The Balaban J connectivity index is 3.02. The van der Waals surface area contributed by atoms with Crippen molar-refractivity contribution in [2.75, 3.05) is 0 Å². The SMILES string of the molecule is CC#CC#CCCCCCCCCCCCCCCCC. The summed E-state index contributed by atoms with van der Waals surface area (Å²) in [5.74, 6) is 11.6. The van der Waals surface area contributed by atoms with Crippen LogP contribution in [-0.4, -0.2) is 0 Å². The smallest absolute Gasteiger partial charge is 0.00989 e. The van der Waals surface area contributed by atoms with Gasteiger partial charge < -0.3 is 0 Å². The molecule has 0 aliphatic carbocycles. The zero-order valence-corrected chi connectivity index (χ0v) is 14.6. The molecule has 0 aromatic carbocycles. The first-order valence-electron chi connectivity index (χ1n) is 9.31. The molecule has 0 spiro atoms. The van der Waals surface area contributed by atoms with Crippen LogP contribution in [0.25, 0.3) is 0 Å². The van der Waals surface area contributed by atoms with Crippen LogP contribution in [0.15, 0.2) is 0 Å². The van der Waals surface area contributed by atoms with Gasteiger partial charge in [0.05, 0.1) is 0 Å². The van der Waals surface area contributed by atoms with Crippen molar-refractivity contribution < 1.29 is 0 Å². The molecule has 0 amide bonds. The van der Waals surface area contributed by atoms with Gasteiger partial charge in [0, 0.05) is 6.42 Å². The molecule has 0 saturated carbocycles. The largest absolute Gasteiger partial charge is 0.0925 e. The van der Waals surface area contributed by atoms with Gasteiger partial charge in [0.25, 0.3) is 0 Å². The van der Waals surface area contributed by atoms with Crippen LogP contribution in [0.1, 0.15) is 110 Å². The molecule has 0 N–H and O–H groups in total. The highest BCUT2D eigenvalue weighted by molar-refractivity contribution is 5.24. The van der Waals surface area contributed by atoms with E-state index in [1.165, 1.54) is 89.9 Å². The first-order valence-corrected chi connectivity index (χ1v) is 9.31. The van der Waals surface area contributed by atoms with Crippen molar-refractivity contribution in [3.8, 4) is 23.7 Å². The van der Waals surface area contributed by atoms with E-state index in [0.29, 0.717) is 0 Å². The van der Waals surface area contributed by atoms with Gasteiger partial charge in [0.1, 0.15) is 0 Å². The second kappa shape index (κ2) is 19.1. The summed E-state index contributed by atoms with van der Waals surface area (Å²) in [6.45, 7) is 4.12. The Morgan fingerprint density at radius 3 is 1.38 bits per heavy atom. The maximum atomic E-state index is 3.11. The minimum atomic E-state index is 1.02. The van der Waals surface area contributed by atoms with Crippen LogP contribution in [0.5, 0.6) is 0 Å². The number of hydrogen-bond acceptors (Lipinski definition) is 0. The zero-order valence-electron chi connectivity index (χ0n) is 14.6. The van der Waals surface area contributed by atoms with Gasteiger partial charge in [0.15, 0.2) is 0 Å². The predicted octanol–water partition coefficient (Wildman–Crippen LogP) is 6.88. The van der Waals surface area contributed by atoms with Crippen LogP contribution < -0.4 is 0 Å². The van der Waals surface area contributed by atoms with Crippen molar-refractivity contribution in [2.24, 2.45) is 0 Å². The van der Waals surface area contributed by atoms with Gasteiger partial charge in [-0.1, -0.05) is 102 Å². The van der Waals surface area contributed by atoms with Crippen LogP contribution in [0.2, 0.25) is 0 Å². The average molecular weight is 289 g/mol. The van der Waals surface area contributed by atoms with Crippen LogP contribution >= 0.6 is 0 Å². The quantitative estimate of drug-likeness (QED) is 0.241.